The Morgan fingerprint density at radius 1 is 1.39 bits per heavy atom. The van der Waals surface area contributed by atoms with Gasteiger partial charge in [-0.2, -0.15) is 0 Å². The number of carbonyl (C=O) groups excluding carboxylic acids is 2. The summed E-state index contributed by atoms with van der Waals surface area (Å²) in [4.78, 5) is 25.5. The van der Waals surface area contributed by atoms with Gasteiger partial charge in [-0.3, -0.25) is 4.79 Å². The molecule has 1 spiro atoms. The number of alkyl halides is 1. The van der Waals surface area contributed by atoms with Gasteiger partial charge in [0, 0.05) is 37.6 Å². The molecule has 23 heavy (non-hydrogen) atoms. The van der Waals surface area contributed by atoms with E-state index >= 15 is 0 Å². The van der Waals surface area contributed by atoms with Crippen molar-refractivity contribution in [2.75, 3.05) is 38.7 Å². The minimum Gasteiger partial charge on any atom is -0.444 e. The van der Waals surface area contributed by atoms with Crippen molar-refractivity contribution in [3.05, 3.63) is 0 Å². The monoisotopic (exact) mass is 346 g/mol. The Hall–Kier alpha value is -1.01. The number of hydrogen-bond donors (Lipinski definition) is 1. The van der Waals surface area contributed by atoms with Crippen LogP contribution < -0.4 is 5.32 Å². The van der Waals surface area contributed by atoms with Crippen molar-refractivity contribution in [2.45, 2.75) is 39.2 Å². The molecule has 2 rings (SSSR count). The van der Waals surface area contributed by atoms with Crippen molar-refractivity contribution in [2.24, 2.45) is 11.3 Å². The molecule has 132 valence electrons. The second kappa shape index (κ2) is 7.26. The highest BCUT2D eigenvalue weighted by Gasteiger charge is 2.47. The first kappa shape index (κ1) is 18.3. The Morgan fingerprint density at radius 3 is 2.70 bits per heavy atom. The van der Waals surface area contributed by atoms with Crippen LogP contribution in [0.25, 0.3) is 0 Å². The van der Waals surface area contributed by atoms with Crippen LogP contribution in [0, 0.1) is 11.3 Å². The van der Waals surface area contributed by atoms with E-state index in [1.54, 1.807) is 4.90 Å². The average molecular weight is 347 g/mol. The van der Waals surface area contributed by atoms with E-state index in [-0.39, 0.29) is 29.2 Å². The Kier molecular flexibility index (Phi) is 5.79. The second-order valence-corrected chi connectivity index (χ2v) is 7.74. The summed E-state index contributed by atoms with van der Waals surface area (Å²) < 4.78 is 11.1. The third-order valence-corrected chi connectivity index (χ3v) is 4.88. The van der Waals surface area contributed by atoms with Crippen LogP contribution in [0.3, 0.4) is 0 Å². The van der Waals surface area contributed by atoms with Gasteiger partial charge in [-0.05, 0) is 33.6 Å². The first-order valence-electron chi connectivity index (χ1n) is 8.14. The van der Waals surface area contributed by atoms with Crippen molar-refractivity contribution >= 4 is 23.6 Å². The molecule has 2 saturated heterocycles. The Bertz CT molecular complexity index is 444. The molecule has 2 heterocycles. The molecule has 0 bridgehead atoms. The number of hydrogen-bond acceptors (Lipinski definition) is 4. The molecular weight excluding hydrogens is 320 g/mol. The first-order chi connectivity index (χ1) is 10.8. The van der Waals surface area contributed by atoms with Crippen LogP contribution in [0.2, 0.25) is 0 Å². The van der Waals surface area contributed by atoms with E-state index in [1.165, 1.54) is 0 Å². The number of rotatable bonds is 3. The highest BCUT2D eigenvalue weighted by atomic mass is 35.5. The fraction of sp³-hybridized carbons (Fsp3) is 0.875. The maximum Gasteiger partial charge on any atom is 0.410 e. The van der Waals surface area contributed by atoms with Gasteiger partial charge < -0.3 is 19.7 Å². The Labute approximate surface area is 142 Å². The molecule has 6 nitrogen and oxygen atoms in total. The first-order valence-corrected chi connectivity index (χ1v) is 8.67. The van der Waals surface area contributed by atoms with Gasteiger partial charge in [-0.25, -0.2) is 4.79 Å². The highest BCUT2D eigenvalue weighted by Crippen LogP contribution is 2.43. The Morgan fingerprint density at radius 2 is 2.13 bits per heavy atom. The van der Waals surface area contributed by atoms with Crippen molar-refractivity contribution in [3.63, 3.8) is 0 Å². The predicted octanol–water partition coefficient (Wildman–Crippen LogP) is 2.01. The van der Waals surface area contributed by atoms with Gasteiger partial charge in [-0.1, -0.05) is 0 Å². The molecule has 2 atom stereocenters. The molecule has 0 saturated carbocycles. The molecule has 2 aliphatic heterocycles. The molecule has 7 heteroatoms. The minimum absolute atomic E-state index is 0.0398. The zero-order valence-electron chi connectivity index (χ0n) is 14.2. The van der Waals surface area contributed by atoms with Crippen molar-refractivity contribution in [1.29, 1.82) is 0 Å². The molecule has 0 radical (unpaired) electrons. The number of piperidine rings is 1. The standard InChI is InChI=1S/C16H27ClN2O4/c1-15(2,3)23-14(21)19-6-4-16(5-7-22-11-16)12(10-19)9-18-13(20)8-17/h12H,4-11H2,1-3H3,(H,18,20). The SMILES string of the molecule is CC(C)(C)OC(=O)N1CCC2(CCOC2)C(CNC(=O)CCl)C1. The van der Waals surface area contributed by atoms with E-state index in [4.69, 9.17) is 21.1 Å². The summed E-state index contributed by atoms with van der Waals surface area (Å²) in [5.41, 5.74) is -0.469. The van der Waals surface area contributed by atoms with Crippen LogP contribution in [0.5, 0.6) is 0 Å². The number of carbonyl (C=O) groups is 2. The van der Waals surface area contributed by atoms with Crippen LogP contribution >= 0.6 is 11.6 Å². The second-order valence-electron chi connectivity index (χ2n) is 7.48. The van der Waals surface area contributed by atoms with Gasteiger partial charge in [0.2, 0.25) is 5.91 Å². The van der Waals surface area contributed by atoms with E-state index in [0.717, 1.165) is 19.4 Å². The zero-order valence-corrected chi connectivity index (χ0v) is 14.9. The molecule has 2 fully saturated rings. The molecule has 0 aromatic rings. The smallest absolute Gasteiger partial charge is 0.410 e. The van der Waals surface area contributed by atoms with Crippen LogP contribution in [-0.2, 0) is 14.3 Å². The lowest BCUT2D eigenvalue weighted by Crippen LogP contribution is -2.54. The van der Waals surface area contributed by atoms with Crippen molar-refractivity contribution < 1.29 is 19.1 Å². The number of ether oxygens (including phenoxy) is 2. The minimum atomic E-state index is -0.509. The number of amides is 2. The molecular formula is C16H27ClN2O4. The Balaban J connectivity index is 2.02. The van der Waals surface area contributed by atoms with E-state index in [9.17, 15) is 9.59 Å². The van der Waals surface area contributed by atoms with Crippen molar-refractivity contribution in [1.82, 2.24) is 10.2 Å². The summed E-state index contributed by atoms with van der Waals surface area (Å²) in [5.74, 6) is -0.0833. The summed E-state index contributed by atoms with van der Waals surface area (Å²) >= 11 is 5.55. The van der Waals surface area contributed by atoms with Gasteiger partial charge in [0.25, 0.3) is 0 Å². The van der Waals surface area contributed by atoms with Gasteiger partial charge in [0.05, 0.1) is 6.61 Å². The van der Waals surface area contributed by atoms with Crippen molar-refractivity contribution in [3.8, 4) is 0 Å². The molecule has 2 aliphatic rings. The normalized spacial score (nSPS) is 28.0. The van der Waals surface area contributed by atoms with Gasteiger partial charge in [0.1, 0.15) is 11.5 Å². The van der Waals surface area contributed by atoms with Gasteiger partial charge in [-0.15, -0.1) is 11.6 Å². The molecule has 0 aromatic carbocycles. The third-order valence-electron chi connectivity index (χ3n) is 4.64. The summed E-state index contributed by atoms with van der Waals surface area (Å²) in [6.45, 7) is 8.76. The highest BCUT2D eigenvalue weighted by molar-refractivity contribution is 6.27. The largest absolute Gasteiger partial charge is 0.444 e. The predicted molar refractivity (Wildman–Crippen MR) is 87.5 cm³/mol. The third kappa shape index (κ3) is 4.73. The van der Waals surface area contributed by atoms with E-state index in [0.29, 0.717) is 26.2 Å². The maximum atomic E-state index is 12.3. The average Bonchev–Trinajstić information content (AvgIpc) is 2.93. The molecule has 0 aromatic heterocycles. The number of halogens is 1. The topological polar surface area (TPSA) is 67.9 Å². The van der Waals surface area contributed by atoms with Gasteiger partial charge >= 0.3 is 6.09 Å². The maximum absolute atomic E-state index is 12.3. The van der Waals surface area contributed by atoms with E-state index < -0.39 is 5.60 Å². The molecule has 2 amide bonds. The summed E-state index contributed by atoms with van der Waals surface area (Å²) in [7, 11) is 0. The number of nitrogens with one attached hydrogen (secondary N) is 1. The van der Waals surface area contributed by atoms with Crippen LogP contribution in [-0.4, -0.2) is 61.2 Å². The number of nitrogens with zero attached hydrogens (tertiary/aromatic N) is 1. The van der Waals surface area contributed by atoms with Crippen LogP contribution in [0.1, 0.15) is 33.6 Å². The van der Waals surface area contributed by atoms with Crippen LogP contribution in [0.4, 0.5) is 4.79 Å². The lowest BCUT2D eigenvalue weighted by molar-refractivity contribution is -0.119. The fourth-order valence-corrected chi connectivity index (χ4v) is 3.41. The van der Waals surface area contributed by atoms with E-state index in [1.807, 2.05) is 20.8 Å². The quantitative estimate of drug-likeness (QED) is 0.794. The lowest BCUT2D eigenvalue weighted by Gasteiger charge is -2.45. The molecule has 0 aliphatic carbocycles. The fourth-order valence-electron chi connectivity index (χ4n) is 3.31. The molecule has 1 N–H and O–H groups in total. The van der Waals surface area contributed by atoms with Crippen LogP contribution in [0.15, 0.2) is 0 Å². The van der Waals surface area contributed by atoms with Gasteiger partial charge in [0.15, 0.2) is 0 Å². The zero-order chi connectivity index (χ0) is 17.1. The summed E-state index contributed by atoms with van der Waals surface area (Å²) in [5, 5.41) is 2.86. The molecule has 2 unspecified atom stereocenters. The summed E-state index contributed by atoms with van der Waals surface area (Å²) in [6.07, 6.45) is 1.55. The van der Waals surface area contributed by atoms with E-state index in [2.05, 4.69) is 5.32 Å². The lowest BCUT2D eigenvalue weighted by atomic mass is 9.69. The number of likely N-dealkylation sites (tertiary alicyclic amines) is 1. The summed E-state index contributed by atoms with van der Waals surface area (Å²) in [6, 6.07) is 0.